The summed E-state index contributed by atoms with van der Waals surface area (Å²) in [5.41, 5.74) is 7.32. The smallest absolute Gasteiger partial charge is 0.237 e. The number of hydrogen-bond donors (Lipinski definition) is 2. The number of hydrogen-bond acceptors (Lipinski definition) is 3. The fourth-order valence-corrected chi connectivity index (χ4v) is 2.93. The Bertz CT molecular complexity index is 501. The number of likely N-dealkylation sites (N-methyl/N-ethyl adjacent to an activating group) is 1. The van der Waals surface area contributed by atoms with Gasteiger partial charge in [0, 0.05) is 6.42 Å². The van der Waals surface area contributed by atoms with Gasteiger partial charge in [-0.15, -0.1) is 0 Å². The molecule has 1 fully saturated rings. The molecule has 2 unspecified atom stereocenters. The lowest BCUT2D eigenvalue weighted by Gasteiger charge is -2.38. The minimum absolute atomic E-state index is 0.0317. The van der Waals surface area contributed by atoms with Gasteiger partial charge < -0.3 is 15.8 Å². The number of benzene rings is 1. The molecule has 1 amide bonds. The second kappa shape index (κ2) is 5.83. The van der Waals surface area contributed by atoms with E-state index in [0.29, 0.717) is 6.42 Å². The molecule has 1 aliphatic carbocycles. The molecule has 2 rings (SSSR count). The van der Waals surface area contributed by atoms with Gasteiger partial charge in [0.05, 0.1) is 0 Å². The summed E-state index contributed by atoms with van der Waals surface area (Å²) in [7, 11) is 1.80. The molecule has 0 heterocycles. The van der Waals surface area contributed by atoms with E-state index in [2.05, 4.69) is 25.2 Å². The zero-order valence-electron chi connectivity index (χ0n) is 12.5. The van der Waals surface area contributed by atoms with Gasteiger partial charge in [0.25, 0.3) is 0 Å². The Balaban J connectivity index is 2.14. The van der Waals surface area contributed by atoms with Crippen LogP contribution in [-0.2, 0) is 4.79 Å². The predicted octanol–water partition coefficient (Wildman–Crippen LogP) is 2.07. The molecule has 0 aliphatic heterocycles. The van der Waals surface area contributed by atoms with Crippen molar-refractivity contribution in [3.05, 3.63) is 29.3 Å². The molecule has 0 radical (unpaired) electrons. The SMILES string of the molecule is CNC1(C(N)=O)CCCC(Oc2cccc(C)c2C)C1. The summed E-state index contributed by atoms with van der Waals surface area (Å²) in [6, 6.07) is 6.06. The van der Waals surface area contributed by atoms with E-state index in [-0.39, 0.29) is 12.0 Å². The summed E-state index contributed by atoms with van der Waals surface area (Å²) in [6.45, 7) is 4.14. The molecule has 1 aromatic rings. The van der Waals surface area contributed by atoms with Crippen LogP contribution in [-0.4, -0.2) is 24.6 Å². The van der Waals surface area contributed by atoms with E-state index in [9.17, 15) is 4.79 Å². The van der Waals surface area contributed by atoms with Gasteiger partial charge in [-0.05, 0) is 57.4 Å². The van der Waals surface area contributed by atoms with E-state index >= 15 is 0 Å². The van der Waals surface area contributed by atoms with Crippen LogP contribution in [0.4, 0.5) is 0 Å². The minimum Gasteiger partial charge on any atom is -0.490 e. The molecule has 4 heteroatoms. The molecule has 20 heavy (non-hydrogen) atoms. The summed E-state index contributed by atoms with van der Waals surface area (Å²) in [5.74, 6) is 0.626. The van der Waals surface area contributed by atoms with Crippen LogP contribution in [0.2, 0.25) is 0 Å². The topological polar surface area (TPSA) is 64.3 Å². The number of rotatable bonds is 4. The highest BCUT2D eigenvalue weighted by atomic mass is 16.5. The summed E-state index contributed by atoms with van der Waals surface area (Å²) in [6.07, 6.45) is 3.35. The molecule has 0 saturated heterocycles. The van der Waals surface area contributed by atoms with E-state index in [4.69, 9.17) is 10.5 Å². The Morgan fingerprint density at radius 2 is 2.20 bits per heavy atom. The Morgan fingerprint density at radius 3 is 2.85 bits per heavy atom. The maximum Gasteiger partial charge on any atom is 0.237 e. The molecule has 0 bridgehead atoms. The first kappa shape index (κ1) is 14.9. The third-order valence-electron chi connectivity index (χ3n) is 4.50. The van der Waals surface area contributed by atoms with Crippen LogP contribution in [0.3, 0.4) is 0 Å². The van der Waals surface area contributed by atoms with Crippen molar-refractivity contribution in [2.24, 2.45) is 5.73 Å². The standard InChI is InChI=1S/C16H24N2O2/c1-11-6-4-8-14(12(11)2)20-13-7-5-9-16(10-13,18-3)15(17)19/h4,6,8,13,18H,5,7,9-10H2,1-3H3,(H2,17,19). The molecule has 0 spiro atoms. The monoisotopic (exact) mass is 276 g/mol. The first-order chi connectivity index (χ1) is 9.48. The lowest BCUT2D eigenvalue weighted by atomic mass is 9.79. The molecule has 4 nitrogen and oxygen atoms in total. The second-order valence-electron chi connectivity index (χ2n) is 5.73. The van der Waals surface area contributed by atoms with Crippen LogP contribution in [0.1, 0.15) is 36.8 Å². The maximum atomic E-state index is 11.7. The molecule has 3 N–H and O–H groups in total. The van der Waals surface area contributed by atoms with Crippen molar-refractivity contribution in [1.29, 1.82) is 0 Å². The van der Waals surface area contributed by atoms with E-state index in [1.807, 2.05) is 12.1 Å². The van der Waals surface area contributed by atoms with Gasteiger partial charge in [0.2, 0.25) is 5.91 Å². The first-order valence-corrected chi connectivity index (χ1v) is 7.20. The summed E-state index contributed by atoms with van der Waals surface area (Å²) >= 11 is 0. The Morgan fingerprint density at radius 1 is 1.45 bits per heavy atom. The average Bonchev–Trinajstić information content (AvgIpc) is 2.44. The number of carbonyl (C=O) groups excluding carboxylic acids is 1. The number of nitrogens with one attached hydrogen (secondary N) is 1. The number of ether oxygens (including phenoxy) is 1. The largest absolute Gasteiger partial charge is 0.490 e. The second-order valence-corrected chi connectivity index (χ2v) is 5.73. The van der Waals surface area contributed by atoms with Crippen molar-refractivity contribution in [2.45, 2.75) is 51.2 Å². The van der Waals surface area contributed by atoms with Crippen LogP contribution in [0.15, 0.2) is 18.2 Å². The normalized spacial score (nSPS) is 26.2. The van der Waals surface area contributed by atoms with Crippen LogP contribution >= 0.6 is 0 Å². The van der Waals surface area contributed by atoms with E-state index in [1.165, 1.54) is 5.56 Å². The molecule has 0 aromatic heterocycles. The Hall–Kier alpha value is -1.55. The minimum atomic E-state index is -0.624. The molecular weight excluding hydrogens is 252 g/mol. The van der Waals surface area contributed by atoms with E-state index in [0.717, 1.165) is 30.6 Å². The first-order valence-electron chi connectivity index (χ1n) is 7.20. The zero-order valence-corrected chi connectivity index (χ0v) is 12.5. The van der Waals surface area contributed by atoms with Crippen molar-refractivity contribution in [1.82, 2.24) is 5.32 Å². The van der Waals surface area contributed by atoms with Gasteiger partial charge in [-0.3, -0.25) is 4.79 Å². The molecule has 1 aromatic carbocycles. The van der Waals surface area contributed by atoms with Gasteiger partial charge in [-0.1, -0.05) is 12.1 Å². The van der Waals surface area contributed by atoms with Crippen molar-refractivity contribution in [3.8, 4) is 5.75 Å². The molecule has 1 saturated carbocycles. The predicted molar refractivity (Wildman–Crippen MR) is 79.8 cm³/mol. The lowest BCUT2D eigenvalue weighted by molar-refractivity contribution is -0.126. The molecule has 1 aliphatic rings. The van der Waals surface area contributed by atoms with Gasteiger partial charge in [-0.2, -0.15) is 0 Å². The summed E-state index contributed by atoms with van der Waals surface area (Å²) < 4.78 is 6.13. The van der Waals surface area contributed by atoms with Crippen molar-refractivity contribution in [2.75, 3.05) is 7.05 Å². The van der Waals surface area contributed by atoms with Crippen LogP contribution in [0, 0.1) is 13.8 Å². The van der Waals surface area contributed by atoms with Gasteiger partial charge >= 0.3 is 0 Å². The quantitative estimate of drug-likeness (QED) is 0.885. The average molecular weight is 276 g/mol. The van der Waals surface area contributed by atoms with Crippen molar-refractivity contribution < 1.29 is 9.53 Å². The fourth-order valence-electron chi connectivity index (χ4n) is 2.93. The highest BCUT2D eigenvalue weighted by Gasteiger charge is 2.41. The number of nitrogens with two attached hydrogens (primary N) is 1. The molecule has 110 valence electrons. The summed E-state index contributed by atoms with van der Waals surface area (Å²) in [5, 5.41) is 3.10. The van der Waals surface area contributed by atoms with Gasteiger partial charge in [0.15, 0.2) is 0 Å². The van der Waals surface area contributed by atoms with E-state index < -0.39 is 5.54 Å². The number of aryl methyl sites for hydroxylation is 1. The van der Waals surface area contributed by atoms with Crippen molar-refractivity contribution in [3.63, 3.8) is 0 Å². The van der Waals surface area contributed by atoms with Gasteiger partial charge in [0.1, 0.15) is 17.4 Å². The number of primary amides is 1. The zero-order chi connectivity index (χ0) is 14.8. The Labute approximate surface area is 120 Å². The van der Waals surface area contributed by atoms with Crippen LogP contribution in [0.25, 0.3) is 0 Å². The van der Waals surface area contributed by atoms with Crippen LogP contribution < -0.4 is 15.8 Å². The lowest BCUT2D eigenvalue weighted by Crippen LogP contribution is -2.58. The van der Waals surface area contributed by atoms with Crippen LogP contribution in [0.5, 0.6) is 5.75 Å². The Kier molecular flexibility index (Phi) is 4.33. The fraction of sp³-hybridized carbons (Fsp3) is 0.562. The number of carbonyl (C=O) groups is 1. The van der Waals surface area contributed by atoms with Gasteiger partial charge in [-0.25, -0.2) is 0 Å². The maximum absolute atomic E-state index is 11.7. The molecule has 2 atom stereocenters. The third kappa shape index (κ3) is 2.80. The number of amides is 1. The molecular formula is C16H24N2O2. The summed E-state index contributed by atoms with van der Waals surface area (Å²) in [4.78, 5) is 11.7. The third-order valence-corrected chi connectivity index (χ3v) is 4.50. The highest BCUT2D eigenvalue weighted by Crippen LogP contribution is 2.32. The van der Waals surface area contributed by atoms with Crippen molar-refractivity contribution >= 4 is 5.91 Å². The highest BCUT2D eigenvalue weighted by molar-refractivity contribution is 5.84. The van der Waals surface area contributed by atoms with E-state index in [1.54, 1.807) is 7.05 Å².